The predicted octanol–water partition coefficient (Wildman–Crippen LogP) is 5.68. The summed E-state index contributed by atoms with van der Waals surface area (Å²) in [7, 11) is 0. The number of allylic oxidation sites excluding steroid dienone is 3. The van der Waals surface area contributed by atoms with E-state index >= 15 is 0 Å². The first-order chi connectivity index (χ1) is 14.6. The second-order valence-electron chi connectivity index (χ2n) is 7.80. The first-order valence-corrected chi connectivity index (χ1v) is 10.7. The summed E-state index contributed by atoms with van der Waals surface area (Å²) in [6.45, 7) is 3.67. The summed E-state index contributed by atoms with van der Waals surface area (Å²) in [5, 5.41) is 1.61. The number of nitrogens with one attached hydrogen (secondary N) is 1. The van der Waals surface area contributed by atoms with E-state index in [0.29, 0.717) is 88.9 Å². The molecule has 4 nitrogen and oxygen atoms in total. The second kappa shape index (κ2) is 8.52. The van der Waals surface area contributed by atoms with Crippen molar-refractivity contribution in [1.82, 2.24) is 9.88 Å². The third-order valence-electron chi connectivity index (χ3n) is 5.70. The molecule has 31 heavy (non-hydrogen) atoms. The first-order valence-electron chi connectivity index (χ1n) is 9.98. The predicted molar refractivity (Wildman–Crippen MR) is 114 cm³/mol. The van der Waals surface area contributed by atoms with Crippen LogP contribution in [-0.4, -0.2) is 42.1 Å². The quantitative estimate of drug-likeness (QED) is 0.624. The number of carbonyl (C=O) groups excluding carboxylic acids is 1. The molecule has 4 rings (SSSR count). The third kappa shape index (κ3) is 4.49. The molecular formula is C22H21Cl2F3N2O2. The average molecular weight is 473 g/mol. The maximum atomic E-state index is 13.1. The van der Waals surface area contributed by atoms with Crippen LogP contribution in [0, 0.1) is 6.92 Å². The standard InChI is InChI=1S/C22H21Cl2F3N2O2/c1-12-8-13(22(25,26)27)9-19-16(12)10-14(28-19)11-17-18(23)3-2-15(20(17)24)21(30)29-4-6-31-7-5-29/h8-10,28H,2-7,11H2,1H3. The Labute approximate surface area is 187 Å². The van der Waals surface area contributed by atoms with Gasteiger partial charge in [-0.3, -0.25) is 4.79 Å². The Morgan fingerprint density at radius 2 is 1.87 bits per heavy atom. The van der Waals surface area contributed by atoms with E-state index in [4.69, 9.17) is 27.9 Å². The molecule has 0 unspecified atom stereocenters. The molecule has 2 heterocycles. The van der Waals surface area contributed by atoms with Crippen molar-refractivity contribution < 1.29 is 22.7 Å². The van der Waals surface area contributed by atoms with Gasteiger partial charge in [-0.25, -0.2) is 0 Å². The van der Waals surface area contributed by atoms with E-state index in [1.807, 2.05) is 6.07 Å². The Morgan fingerprint density at radius 1 is 1.16 bits per heavy atom. The molecule has 166 valence electrons. The lowest BCUT2D eigenvalue weighted by Gasteiger charge is -2.29. The minimum Gasteiger partial charge on any atom is -0.378 e. The Morgan fingerprint density at radius 3 is 2.55 bits per heavy atom. The van der Waals surface area contributed by atoms with Gasteiger partial charge >= 0.3 is 6.18 Å². The van der Waals surface area contributed by atoms with E-state index in [9.17, 15) is 18.0 Å². The zero-order valence-corrected chi connectivity index (χ0v) is 18.3. The summed E-state index contributed by atoms with van der Waals surface area (Å²) >= 11 is 13.1. The number of H-pyrrole nitrogens is 1. The number of nitrogens with zero attached hydrogens (tertiary/aromatic N) is 1. The van der Waals surface area contributed by atoms with Crippen molar-refractivity contribution in [2.45, 2.75) is 32.4 Å². The summed E-state index contributed by atoms with van der Waals surface area (Å²) < 4.78 is 44.7. The fourth-order valence-electron chi connectivity index (χ4n) is 4.05. The van der Waals surface area contributed by atoms with Crippen LogP contribution in [-0.2, 0) is 22.1 Å². The number of fused-ring (bicyclic) bond motifs is 1. The van der Waals surface area contributed by atoms with Crippen molar-refractivity contribution in [3.05, 3.63) is 56.2 Å². The van der Waals surface area contributed by atoms with Gasteiger partial charge in [0.15, 0.2) is 0 Å². The summed E-state index contributed by atoms with van der Waals surface area (Å²) in [5.74, 6) is -0.114. The zero-order chi connectivity index (χ0) is 22.3. The van der Waals surface area contributed by atoms with Gasteiger partial charge in [-0.1, -0.05) is 23.2 Å². The van der Waals surface area contributed by atoms with Crippen LogP contribution in [0.1, 0.15) is 29.7 Å². The van der Waals surface area contributed by atoms with Crippen LogP contribution in [0.5, 0.6) is 0 Å². The number of amides is 1. The molecular weight excluding hydrogens is 452 g/mol. The van der Waals surface area contributed by atoms with Gasteiger partial charge in [-0.05, 0) is 49.1 Å². The van der Waals surface area contributed by atoms with Crippen molar-refractivity contribution in [2.24, 2.45) is 0 Å². The monoisotopic (exact) mass is 472 g/mol. The lowest BCUT2D eigenvalue weighted by atomic mass is 9.94. The van der Waals surface area contributed by atoms with E-state index in [-0.39, 0.29) is 5.91 Å². The smallest absolute Gasteiger partial charge is 0.378 e. The number of halogens is 5. The van der Waals surface area contributed by atoms with Crippen molar-refractivity contribution in [2.75, 3.05) is 26.3 Å². The molecule has 1 fully saturated rings. The first kappa shape index (κ1) is 22.2. The number of aryl methyl sites for hydroxylation is 1. The number of benzene rings is 1. The molecule has 2 aromatic rings. The van der Waals surface area contributed by atoms with Gasteiger partial charge in [-0.15, -0.1) is 0 Å². The number of ether oxygens (including phenoxy) is 1. The molecule has 1 aliphatic carbocycles. The SMILES string of the molecule is Cc1cc(C(F)(F)F)cc2[nH]c(CC3=C(Cl)CCC(C(=O)N4CCOCC4)=C3Cl)cc12. The fourth-order valence-corrected chi connectivity index (χ4v) is 4.71. The van der Waals surface area contributed by atoms with Gasteiger partial charge in [0.05, 0.1) is 23.8 Å². The molecule has 1 aromatic carbocycles. The molecule has 1 N–H and O–H groups in total. The summed E-state index contributed by atoms with van der Waals surface area (Å²) in [6, 6.07) is 4.05. The second-order valence-corrected chi connectivity index (χ2v) is 8.64. The van der Waals surface area contributed by atoms with E-state index in [0.717, 1.165) is 12.1 Å². The average Bonchev–Trinajstić information content (AvgIpc) is 3.14. The van der Waals surface area contributed by atoms with Gasteiger partial charge in [-0.2, -0.15) is 13.2 Å². The van der Waals surface area contributed by atoms with Gasteiger partial charge in [0.25, 0.3) is 5.91 Å². The molecule has 0 spiro atoms. The number of hydrogen-bond acceptors (Lipinski definition) is 2. The molecule has 0 atom stereocenters. The van der Waals surface area contributed by atoms with Gasteiger partial charge in [0.1, 0.15) is 0 Å². The van der Waals surface area contributed by atoms with Crippen LogP contribution in [0.2, 0.25) is 0 Å². The highest BCUT2D eigenvalue weighted by Gasteiger charge is 2.32. The number of morpholine rings is 1. The zero-order valence-electron chi connectivity index (χ0n) is 16.8. The fraction of sp³-hybridized carbons (Fsp3) is 0.409. The molecule has 2 aliphatic rings. The van der Waals surface area contributed by atoms with Crippen LogP contribution in [0.4, 0.5) is 13.2 Å². The number of carbonyl (C=O) groups is 1. The number of rotatable bonds is 3. The molecule has 9 heteroatoms. The van der Waals surface area contributed by atoms with E-state index < -0.39 is 11.7 Å². The molecule has 0 bridgehead atoms. The van der Waals surface area contributed by atoms with Gasteiger partial charge in [0.2, 0.25) is 0 Å². The van der Waals surface area contributed by atoms with Crippen LogP contribution < -0.4 is 0 Å². The molecule has 0 saturated carbocycles. The number of hydrogen-bond donors (Lipinski definition) is 1. The van der Waals surface area contributed by atoms with Crippen molar-refractivity contribution >= 4 is 40.0 Å². The van der Waals surface area contributed by atoms with Crippen molar-refractivity contribution in [1.29, 1.82) is 0 Å². The maximum Gasteiger partial charge on any atom is 0.416 e. The van der Waals surface area contributed by atoms with Crippen molar-refractivity contribution in [3.63, 3.8) is 0 Å². The number of alkyl halides is 3. The Balaban J connectivity index is 1.64. The largest absolute Gasteiger partial charge is 0.416 e. The lowest BCUT2D eigenvalue weighted by Crippen LogP contribution is -2.41. The number of aromatic nitrogens is 1. The van der Waals surface area contributed by atoms with Crippen molar-refractivity contribution in [3.8, 4) is 0 Å². The maximum absolute atomic E-state index is 13.1. The van der Waals surface area contributed by atoms with Crippen LogP contribution in [0.25, 0.3) is 10.9 Å². The minimum absolute atomic E-state index is 0.114. The minimum atomic E-state index is -4.42. The van der Waals surface area contributed by atoms with Crippen LogP contribution >= 0.6 is 23.2 Å². The summed E-state index contributed by atoms with van der Waals surface area (Å²) in [4.78, 5) is 17.7. The highest BCUT2D eigenvalue weighted by atomic mass is 35.5. The van der Waals surface area contributed by atoms with Gasteiger partial charge < -0.3 is 14.6 Å². The Kier molecular flexibility index (Phi) is 6.12. The molecule has 1 aromatic heterocycles. The number of aromatic amines is 1. The Hall–Kier alpha value is -1.96. The van der Waals surface area contributed by atoms with Crippen LogP contribution in [0.3, 0.4) is 0 Å². The molecule has 1 amide bonds. The molecule has 1 aliphatic heterocycles. The highest BCUT2D eigenvalue weighted by Crippen LogP contribution is 2.38. The molecule has 0 radical (unpaired) electrons. The van der Waals surface area contributed by atoms with Gasteiger partial charge in [0, 0.05) is 46.7 Å². The normalized spacial score (nSPS) is 18.3. The lowest BCUT2D eigenvalue weighted by molar-refractivity contribution is -0.137. The van der Waals surface area contributed by atoms with E-state index in [1.165, 1.54) is 0 Å². The summed E-state index contributed by atoms with van der Waals surface area (Å²) in [6.07, 6.45) is -3.17. The topological polar surface area (TPSA) is 45.3 Å². The molecule has 1 saturated heterocycles. The highest BCUT2D eigenvalue weighted by molar-refractivity contribution is 6.37. The Bertz CT molecular complexity index is 1100. The third-order valence-corrected chi connectivity index (χ3v) is 6.58. The van der Waals surface area contributed by atoms with E-state index in [2.05, 4.69) is 4.98 Å². The summed E-state index contributed by atoms with van der Waals surface area (Å²) in [5.41, 5.74) is 2.07. The van der Waals surface area contributed by atoms with E-state index in [1.54, 1.807) is 11.8 Å². The van der Waals surface area contributed by atoms with Crippen LogP contribution in [0.15, 0.2) is 39.4 Å².